The summed E-state index contributed by atoms with van der Waals surface area (Å²) in [6.45, 7) is 13.4. The van der Waals surface area contributed by atoms with Crippen molar-refractivity contribution in [3.8, 4) is 44.5 Å². The van der Waals surface area contributed by atoms with Gasteiger partial charge in [-0.05, 0) is 117 Å². The molecule has 0 N–H and O–H groups in total. The Morgan fingerprint density at radius 1 is 0.425 bits per heavy atom. The summed E-state index contributed by atoms with van der Waals surface area (Å²) in [7, 11) is 0. The van der Waals surface area contributed by atoms with Crippen molar-refractivity contribution >= 4 is 57.0 Å². The second kappa shape index (κ2) is 18.2. The minimum Gasteiger partial charge on any atom is -0.321 e. The lowest BCUT2D eigenvalue weighted by atomic mass is 9.85. The van der Waals surface area contributed by atoms with Gasteiger partial charge in [-0.25, -0.2) is 4.98 Å². The number of anilines is 10. The highest BCUT2D eigenvalue weighted by Crippen LogP contribution is 2.55. The van der Waals surface area contributed by atoms with E-state index in [1.54, 1.807) is 18.2 Å². The van der Waals surface area contributed by atoms with Crippen LogP contribution < -0.4 is 19.6 Å². The number of hydrogen-bond acceptors (Lipinski definition) is 5. The first kappa shape index (κ1) is 35.4. The molecule has 0 amide bonds. The molecule has 2 aliphatic heterocycles. The predicted octanol–water partition coefficient (Wildman–Crippen LogP) is 18.8. The van der Waals surface area contributed by atoms with Crippen LogP contribution in [-0.2, 0) is 10.8 Å². The third kappa shape index (κ3) is 8.31. The second-order valence-corrected chi connectivity index (χ2v) is 20.6. The first-order chi connectivity index (χ1) is 39.6. The molecule has 0 aliphatic carbocycles. The van der Waals surface area contributed by atoms with E-state index >= 15 is 0 Å². The molecule has 0 spiro atoms. The van der Waals surface area contributed by atoms with Gasteiger partial charge < -0.3 is 14.7 Å². The van der Waals surface area contributed by atoms with Crippen LogP contribution in [0.15, 0.2) is 236 Å². The highest BCUT2D eigenvalue weighted by atomic mass is 15.4. The lowest BCUT2D eigenvalue weighted by Crippen LogP contribution is -2.25. The third-order valence-corrected chi connectivity index (χ3v) is 13.9. The molecule has 1 aromatic heterocycles. The molecule has 0 saturated heterocycles. The van der Waals surface area contributed by atoms with Gasteiger partial charge in [-0.1, -0.05) is 199 Å². The summed E-state index contributed by atoms with van der Waals surface area (Å²) < 4.78 is 89.0. The quantitative estimate of drug-likeness (QED) is 0.151. The van der Waals surface area contributed by atoms with Gasteiger partial charge in [-0.3, -0.25) is 4.90 Å². The molecule has 0 fully saturated rings. The maximum atomic E-state index is 9.24. The third-order valence-electron chi connectivity index (χ3n) is 13.9. The van der Waals surface area contributed by atoms with Crippen LogP contribution in [0.25, 0.3) is 44.5 Å². The minimum atomic E-state index is -0.550. The van der Waals surface area contributed by atoms with E-state index in [1.165, 1.54) is 5.56 Å². The Kier molecular flexibility index (Phi) is 8.83. The van der Waals surface area contributed by atoms with E-state index in [2.05, 4.69) is 153 Å². The average molecular weight is 956 g/mol. The molecule has 12 rings (SSSR count). The number of aromatic nitrogens is 1. The molecule has 5 heteroatoms. The fourth-order valence-electron chi connectivity index (χ4n) is 10.3. The summed E-state index contributed by atoms with van der Waals surface area (Å²) in [5.74, 6) is 0.773. The number of hydrogen-bond donors (Lipinski definition) is 0. The summed E-state index contributed by atoms with van der Waals surface area (Å²) in [4.78, 5) is 13.7. The SMILES string of the molecule is [2H]c1c([2H])c([2H])c(-c2cccc(-c3c([2H])c([2H])c([2H])c([2H])c3[2H])c2N2CN(c3cc(N(c4ccccc4)c4ccc5c(c4)N(c4ccccn4)c4cc(C(C)(C)C)ccc4-c4ccccc4-5)cc(C(C)(C)C)c3)c3ccccc32)c([2H])c1[2H]. The van der Waals surface area contributed by atoms with Gasteiger partial charge in [0.2, 0.25) is 0 Å². The molecule has 73 heavy (non-hydrogen) atoms. The lowest BCUT2D eigenvalue weighted by molar-refractivity contribution is 0.590. The van der Waals surface area contributed by atoms with E-state index < -0.39 is 60.4 Å². The van der Waals surface area contributed by atoms with E-state index in [4.69, 9.17) is 13.2 Å². The zero-order valence-electron chi connectivity index (χ0n) is 51.7. The molecule has 356 valence electrons. The van der Waals surface area contributed by atoms with Gasteiger partial charge >= 0.3 is 0 Å². The number of fused-ring (bicyclic) bond motifs is 6. The number of benzene rings is 9. The van der Waals surface area contributed by atoms with E-state index in [-0.39, 0.29) is 39.8 Å². The van der Waals surface area contributed by atoms with Crippen molar-refractivity contribution in [2.45, 2.75) is 52.4 Å². The van der Waals surface area contributed by atoms with Crippen molar-refractivity contribution < 1.29 is 13.7 Å². The van der Waals surface area contributed by atoms with Crippen LogP contribution in [0.2, 0.25) is 0 Å². The zero-order valence-corrected chi connectivity index (χ0v) is 41.7. The second-order valence-electron chi connectivity index (χ2n) is 20.6. The van der Waals surface area contributed by atoms with Crippen LogP contribution >= 0.6 is 0 Å². The maximum absolute atomic E-state index is 9.24. The van der Waals surface area contributed by atoms with Crippen molar-refractivity contribution in [1.29, 1.82) is 0 Å². The molecule has 3 heterocycles. The van der Waals surface area contributed by atoms with Crippen LogP contribution in [0.1, 0.15) is 66.4 Å². The normalized spacial score (nSPS) is 14.8. The molecule has 9 aromatic carbocycles. The van der Waals surface area contributed by atoms with Crippen LogP contribution in [-0.4, -0.2) is 11.7 Å². The van der Waals surface area contributed by atoms with Gasteiger partial charge in [0.15, 0.2) is 0 Å². The molecule has 2 aliphatic rings. The van der Waals surface area contributed by atoms with Crippen molar-refractivity contribution in [3.05, 3.63) is 248 Å². The first-order valence-corrected chi connectivity index (χ1v) is 24.7. The number of para-hydroxylation sites is 4. The first-order valence-electron chi connectivity index (χ1n) is 29.7. The molecule has 0 bridgehead atoms. The Morgan fingerprint density at radius 3 is 1.60 bits per heavy atom. The Morgan fingerprint density at radius 2 is 0.986 bits per heavy atom. The highest BCUT2D eigenvalue weighted by Gasteiger charge is 2.34. The van der Waals surface area contributed by atoms with Crippen molar-refractivity contribution in [2.24, 2.45) is 0 Å². The Hall–Kier alpha value is -8.67. The molecule has 0 saturated carbocycles. The smallest absolute Gasteiger partial charge is 0.137 e. The predicted molar refractivity (Wildman–Crippen MR) is 308 cm³/mol. The van der Waals surface area contributed by atoms with Crippen LogP contribution in [0.4, 0.5) is 57.0 Å². The molecule has 0 atom stereocenters. The van der Waals surface area contributed by atoms with Crippen molar-refractivity contribution in [1.82, 2.24) is 4.98 Å². The summed E-state index contributed by atoms with van der Waals surface area (Å²) in [5, 5.41) is 0. The topological polar surface area (TPSA) is 25.9 Å². The van der Waals surface area contributed by atoms with E-state index in [0.29, 0.717) is 11.4 Å². The van der Waals surface area contributed by atoms with Gasteiger partial charge in [-0.2, -0.15) is 0 Å². The van der Waals surface area contributed by atoms with Gasteiger partial charge in [0.1, 0.15) is 12.5 Å². The van der Waals surface area contributed by atoms with E-state index in [0.717, 1.165) is 73.4 Å². The largest absolute Gasteiger partial charge is 0.321 e. The lowest BCUT2D eigenvalue weighted by Gasteiger charge is -2.33. The summed E-state index contributed by atoms with van der Waals surface area (Å²) in [6, 6.07) is 52.7. The van der Waals surface area contributed by atoms with Crippen LogP contribution in [0.3, 0.4) is 0 Å². The zero-order chi connectivity index (χ0) is 58.6. The van der Waals surface area contributed by atoms with E-state index in [1.807, 2.05) is 65.7 Å². The summed E-state index contributed by atoms with van der Waals surface area (Å²) in [5.41, 5.74) is 13.5. The fraction of sp³-hybridized carbons (Fsp3) is 0.132. The van der Waals surface area contributed by atoms with Gasteiger partial charge in [-0.15, -0.1) is 0 Å². The molecule has 10 aromatic rings. The summed E-state index contributed by atoms with van der Waals surface area (Å²) in [6.07, 6.45) is 1.84. The Labute approximate surface area is 445 Å². The van der Waals surface area contributed by atoms with Gasteiger partial charge in [0, 0.05) is 51.2 Å². The molecule has 0 unspecified atom stereocenters. The van der Waals surface area contributed by atoms with Crippen molar-refractivity contribution in [3.63, 3.8) is 0 Å². The number of pyridine rings is 1. The average Bonchev–Trinajstić information content (AvgIpc) is 2.32. The standard InChI is InChI=1S/C68H59N5/c1-67(2,3)49-36-38-59-57-29-16-17-30-58(57)60-39-37-52(45-64(60)73(63(59)43-49)65-35-20-21-40-69-65)72(51-27-14-9-15-28-51)54-42-50(68(4,5)6)41-53(44-54)70-46-71(62-34-19-18-33-61(62)70)66-55(47-23-10-7-11-24-47)31-22-32-56(66)48-25-12-8-13-26-48/h7-45H,46H2,1-6H3/i7D,8D,10D,11D,12D,13D,23D,24D,25D,26D. The molecular weight excluding hydrogens is 887 g/mol. The number of nitrogens with zero attached hydrogens (tertiary/aromatic N) is 5. The van der Waals surface area contributed by atoms with E-state index in [9.17, 15) is 5.48 Å². The molecule has 5 nitrogen and oxygen atoms in total. The maximum Gasteiger partial charge on any atom is 0.137 e. The summed E-state index contributed by atoms with van der Waals surface area (Å²) >= 11 is 0. The van der Waals surface area contributed by atoms with Gasteiger partial charge in [0.25, 0.3) is 0 Å². The van der Waals surface area contributed by atoms with Crippen molar-refractivity contribution in [2.75, 3.05) is 26.3 Å². The molecular formula is C68H59N5. The van der Waals surface area contributed by atoms with Crippen LogP contribution in [0.5, 0.6) is 0 Å². The number of rotatable bonds is 8. The Bertz CT molecular complexity index is 4110. The minimum absolute atomic E-state index is 0.0874. The van der Waals surface area contributed by atoms with Crippen LogP contribution in [0, 0.1) is 0 Å². The Balaban J connectivity index is 1.08. The highest BCUT2D eigenvalue weighted by molar-refractivity contribution is 6.04. The van der Waals surface area contributed by atoms with Gasteiger partial charge in [0.05, 0.1) is 42.1 Å². The fourth-order valence-corrected chi connectivity index (χ4v) is 10.3. The monoisotopic (exact) mass is 956 g/mol. The molecule has 0 radical (unpaired) electrons.